The van der Waals surface area contributed by atoms with Crippen molar-refractivity contribution in [1.29, 1.82) is 0 Å². The van der Waals surface area contributed by atoms with Gasteiger partial charge in [0.2, 0.25) is 5.91 Å². The summed E-state index contributed by atoms with van der Waals surface area (Å²) in [5, 5.41) is 5.97. The largest absolute Gasteiger partial charge is 0.373 e. The normalized spacial score (nSPS) is 16.9. The summed E-state index contributed by atoms with van der Waals surface area (Å²) >= 11 is 0. The number of rotatable bonds is 2. The van der Waals surface area contributed by atoms with E-state index in [2.05, 4.69) is 16.7 Å². The maximum atomic E-state index is 13.1. The number of hydrogen-bond acceptors (Lipinski definition) is 2. The Kier molecular flexibility index (Phi) is 3.37. The number of para-hydroxylation sites is 1. The van der Waals surface area contributed by atoms with E-state index in [9.17, 15) is 9.18 Å². The fourth-order valence-corrected chi connectivity index (χ4v) is 2.43. The van der Waals surface area contributed by atoms with E-state index in [4.69, 9.17) is 0 Å². The third-order valence-electron chi connectivity index (χ3n) is 3.46. The minimum absolute atomic E-state index is 0.134. The number of halogens is 1. The zero-order valence-corrected chi connectivity index (χ0v) is 10.9. The number of hydrogen-bond donors (Lipinski definition) is 2. The van der Waals surface area contributed by atoms with Crippen molar-refractivity contribution in [3.05, 3.63) is 59.9 Å². The lowest BCUT2D eigenvalue weighted by molar-refractivity contribution is -0.117. The first-order chi connectivity index (χ1) is 9.72. The van der Waals surface area contributed by atoms with Crippen LogP contribution in [0.4, 0.5) is 15.8 Å². The average Bonchev–Trinajstić information content (AvgIpc) is 2.47. The minimum atomic E-state index is -0.357. The predicted octanol–water partition coefficient (Wildman–Crippen LogP) is 3.19. The predicted molar refractivity (Wildman–Crippen MR) is 77.2 cm³/mol. The highest BCUT2D eigenvalue weighted by Gasteiger charge is 2.23. The summed E-state index contributed by atoms with van der Waals surface area (Å²) in [4.78, 5) is 12.2. The van der Waals surface area contributed by atoms with E-state index in [-0.39, 0.29) is 17.8 Å². The fourth-order valence-electron chi connectivity index (χ4n) is 2.43. The molecule has 1 atom stereocenters. The second kappa shape index (κ2) is 5.33. The van der Waals surface area contributed by atoms with Gasteiger partial charge in [0.15, 0.2) is 0 Å². The van der Waals surface area contributed by atoms with Gasteiger partial charge in [-0.15, -0.1) is 0 Å². The Bertz CT molecular complexity index is 642. The molecule has 3 nitrogen and oxygen atoms in total. The number of benzene rings is 2. The van der Waals surface area contributed by atoms with Gasteiger partial charge in [0.05, 0.1) is 0 Å². The molecule has 1 unspecified atom stereocenters. The molecule has 0 saturated heterocycles. The lowest BCUT2D eigenvalue weighted by atomic mass is 9.97. The van der Waals surface area contributed by atoms with Crippen LogP contribution in [0.15, 0.2) is 48.5 Å². The summed E-state index contributed by atoms with van der Waals surface area (Å²) in [5.41, 5.74) is 2.70. The quantitative estimate of drug-likeness (QED) is 0.880. The molecule has 2 aromatic carbocycles. The van der Waals surface area contributed by atoms with Gasteiger partial charge in [0.1, 0.15) is 11.9 Å². The van der Waals surface area contributed by atoms with E-state index in [1.54, 1.807) is 12.1 Å². The molecule has 0 bridgehead atoms. The Morgan fingerprint density at radius 3 is 2.90 bits per heavy atom. The molecule has 1 aliphatic rings. The summed E-state index contributed by atoms with van der Waals surface area (Å²) in [6.07, 6.45) is 1.60. The van der Waals surface area contributed by atoms with Gasteiger partial charge in [-0.2, -0.15) is 0 Å². The summed E-state index contributed by atoms with van der Waals surface area (Å²) in [6.45, 7) is 0. The van der Waals surface area contributed by atoms with Crippen LogP contribution in [0.1, 0.15) is 12.0 Å². The molecular formula is C16H15FN2O. The minimum Gasteiger partial charge on any atom is -0.373 e. The second-order valence-electron chi connectivity index (χ2n) is 4.89. The van der Waals surface area contributed by atoms with E-state index >= 15 is 0 Å². The maximum absolute atomic E-state index is 13.1. The van der Waals surface area contributed by atoms with Gasteiger partial charge >= 0.3 is 0 Å². The van der Waals surface area contributed by atoms with Gasteiger partial charge in [-0.3, -0.25) is 4.79 Å². The van der Waals surface area contributed by atoms with Gasteiger partial charge < -0.3 is 10.6 Å². The topological polar surface area (TPSA) is 41.1 Å². The van der Waals surface area contributed by atoms with E-state index in [1.807, 2.05) is 18.2 Å². The van der Waals surface area contributed by atoms with Gasteiger partial charge in [-0.05, 0) is 42.7 Å². The number of aryl methyl sites for hydroxylation is 1. The number of carbonyl (C=O) groups excluding carboxylic acids is 1. The first-order valence-corrected chi connectivity index (χ1v) is 6.63. The third kappa shape index (κ3) is 2.64. The van der Waals surface area contributed by atoms with Gasteiger partial charge in [0.25, 0.3) is 0 Å². The molecule has 2 N–H and O–H groups in total. The lowest BCUT2D eigenvalue weighted by Gasteiger charge is -2.26. The Hall–Kier alpha value is -2.36. The first-order valence-electron chi connectivity index (χ1n) is 6.63. The van der Waals surface area contributed by atoms with Crippen LogP contribution in [0.3, 0.4) is 0 Å². The molecule has 1 amide bonds. The van der Waals surface area contributed by atoms with E-state index in [1.165, 1.54) is 17.7 Å². The van der Waals surface area contributed by atoms with Crippen molar-refractivity contribution in [2.24, 2.45) is 0 Å². The molecule has 0 spiro atoms. The van der Waals surface area contributed by atoms with Gasteiger partial charge in [-0.25, -0.2) is 4.39 Å². The van der Waals surface area contributed by atoms with Gasteiger partial charge in [-0.1, -0.05) is 24.3 Å². The maximum Gasteiger partial charge on any atom is 0.246 e. The highest BCUT2D eigenvalue weighted by atomic mass is 19.1. The Labute approximate surface area is 116 Å². The zero-order valence-electron chi connectivity index (χ0n) is 10.9. The highest BCUT2D eigenvalue weighted by molar-refractivity contribution is 5.97. The Morgan fingerprint density at radius 2 is 2.05 bits per heavy atom. The van der Waals surface area contributed by atoms with Crippen LogP contribution >= 0.6 is 0 Å². The van der Waals surface area contributed by atoms with Crippen LogP contribution in [0, 0.1) is 5.82 Å². The van der Waals surface area contributed by atoms with Crippen molar-refractivity contribution in [2.75, 3.05) is 10.6 Å². The number of fused-ring (bicyclic) bond motifs is 1. The van der Waals surface area contributed by atoms with E-state index in [0.29, 0.717) is 5.69 Å². The Balaban J connectivity index is 1.70. The molecule has 1 aliphatic heterocycles. The number of nitrogens with one attached hydrogen (secondary N) is 2. The van der Waals surface area contributed by atoms with Crippen LogP contribution in [0.25, 0.3) is 0 Å². The molecule has 2 aromatic rings. The molecule has 1 heterocycles. The number of carbonyl (C=O) groups is 1. The van der Waals surface area contributed by atoms with Crippen molar-refractivity contribution >= 4 is 17.3 Å². The van der Waals surface area contributed by atoms with Gasteiger partial charge in [0, 0.05) is 11.4 Å². The lowest BCUT2D eigenvalue weighted by Crippen LogP contribution is -2.37. The second-order valence-corrected chi connectivity index (χ2v) is 4.89. The average molecular weight is 270 g/mol. The van der Waals surface area contributed by atoms with Crippen molar-refractivity contribution in [2.45, 2.75) is 18.9 Å². The molecule has 102 valence electrons. The van der Waals surface area contributed by atoms with E-state index < -0.39 is 0 Å². The van der Waals surface area contributed by atoms with Crippen LogP contribution in [-0.4, -0.2) is 11.9 Å². The SMILES string of the molecule is O=C(Nc1cccc(F)c1)C1CCc2ccccc2N1. The highest BCUT2D eigenvalue weighted by Crippen LogP contribution is 2.24. The standard InChI is InChI=1S/C16H15FN2O/c17-12-5-3-6-13(10-12)18-16(20)15-9-8-11-4-1-2-7-14(11)19-15/h1-7,10,15,19H,8-9H2,(H,18,20). The Morgan fingerprint density at radius 1 is 1.20 bits per heavy atom. The molecule has 0 radical (unpaired) electrons. The third-order valence-corrected chi connectivity index (χ3v) is 3.46. The molecule has 4 heteroatoms. The van der Waals surface area contributed by atoms with Crippen molar-refractivity contribution in [3.8, 4) is 0 Å². The van der Waals surface area contributed by atoms with E-state index in [0.717, 1.165) is 18.5 Å². The zero-order chi connectivity index (χ0) is 13.9. The molecule has 20 heavy (non-hydrogen) atoms. The van der Waals surface area contributed by atoms with Crippen LogP contribution in [0.5, 0.6) is 0 Å². The monoisotopic (exact) mass is 270 g/mol. The smallest absolute Gasteiger partial charge is 0.246 e. The molecule has 0 aliphatic carbocycles. The summed E-state index contributed by atoms with van der Waals surface area (Å²) in [5.74, 6) is -0.491. The van der Waals surface area contributed by atoms with Crippen molar-refractivity contribution < 1.29 is 9.18 Å². The van der Waals surface area contributed by atoms with Crippen LogP contribution < -0.4 is 10.6 Å². The van der Waals surface area contributed by atoms with Crippen LogP contribution in [-0.2, 0) is 11.2 Å². The summed E-state index contributed by atoms with van der Waals surface area (Å²) < 4.78 is 13.1. The first kappa shape index (κ1) is 12.7. The fraction of sp³-hybridized carbons (Fsp3) is 0.188. The molecule has 3 rings (SSSR count). The van der Waals surface area contributed by atoms with Crippen molar-refractivity contribution in [3.63, 3.8) is 0 Å². The molecule has 0 saturated carbocycles. The summed E-state index contributed by atoms with van der Waals surface area (Å²) in [7, 11) is 0. The molecule has 0 fully saturated rings. The number of anilines is 2. The van der Waals surface area contributed by atoms with Crippen molar-refractivity contribution in [1.82, 2.24) is 0 Å². The number of amides is 1. The van der Waals surface area contributed by atoms with Crippen LogP contribution in [0.2, 0.25) is 0 Å². The molecule has 0 aromatic heterocycles. The summed E-state index contributed by atoms with van der Waals surface area (Å²) in [6, 6.07) is 13.6. The molecular weight excluding hydrogens is 255 g/mol.